The van der Waals surface area contributed by atoms with Crippen molar-refractivity contribution in [1.29, 1.82) is 0 Å². The van der Waals surface area contributed by atoms with Gasteiger partial charge in [-0.25, -0.2) is 0 Å². The number of aryl methyl sites for hydroxylation is 1. The average Bonchev–Trinajstić information content (AvgIpc) is 2.42. The number of nitrogens with one attached hydrogen (secondary N) is 2. The Kier molecular flexibility index (Phi) is 5.17. The highest BCUT2D eigenvalue weighted by molar-refractivity contribution is 7.80. The molecular weight excluding hydrogens is 327 g/mol. The molecule has 0 unspecified atom stereocenters. The number of hydrogen-bond acceptors (Lipinski definition) is 2. The Morgan fingerprint density at radius 1 is 1.05 bits per heavy atom. The minimum Gasteiger partial charge on any atom is -0.332 e. The first-order chi connectivity index (χ1) is 9.95. The number of carbonyl (C=O) groups is 1. The average molecular weight is 339 g/mol. The van der Waals surface area contributed by atoms with E-state index in [1.165, 1.54) is 0 Å². The standard InChI is InChI=1S/C15H12Cl2N2OS/c1-9-8-12(17)6-7-13(9)18-15(21)19-14(20)10-2-4-11(16)5-3-10/h2-8H,1H3,(H2,18,19,20,21). The molecule has 6 heteroatoms. The zero-order chi connectivity index (χ0) is 15.4. The SMILES string of the molecule is Cc1cc(Cl)ccc1NC(=S)NC(=O)c1ccc(Cl)cc1. The summed E-state index contributed by atoms with van der Waals surface area (Å²) in [6, 6.07) is 11.9. The van der Waals surface area contributed by atoms with Crippen LogP contribution in [0, 0.1) is 6.92 Å². The largest absolute Gasteiger partial charge is 0.332 e. The number of halogens is 2. The molecule has 0 fully saturated rings. The molecule has 0 aliphatic rings. The summed E-state index contributed by atoms with van der Waals surface area (Å²) < 4.78 is 0. The zero-order valence-electron chi connectivity index (χ0n) is 11.1. The highest BCUT2D eigenvalue weighted by atomic mass is 35.5. The van der Waals surface area contributed by atoms with Crippen LogP contribution in [-0.4, -0.2) is 11.0 Å². The molecule has 2 aromatic rings. The van der Waals surface area contributed by atoms with Crippen LogP contribution in [-0.2, 0) is 0 Å². The van der Waals surface area contributed by atoms with Crippen LogP contribution in [0.4, 0.5) is 5.69 Å². The van der Waals surface area contributed by atoms with Crippen molar-refractivity contribution in [1.82, 2.24) is 5.32 Å². The van der Waals surface area contributed by atoms with Gasteiger partial charge in [-0.15, -0.1) is 0 Å². The summed E-state index contributed by atoms with van der Waals surface area (Å²) in [5.74, 6) is -0.296. The Morgan fingerprint density at radius 2 is 1.67 bits per heavy atom. The van der Waals surface area contributed by atoms with Crippen LogP contribution in [0.5, 0.6) is 0 Å². The maximum atomic E-state index is 12.0. The molecule has 2 aromatic carbocycles. The van der Waals surface area contributed by atoms with Crippen LogP contribution in [0.3, 0.4) is 0 Å². The maximum Gasteiger partial charge on any atom is 0.257 e. The molecule has 2 rings (SSSR count). The molecule has 3 nitrogen and oxygen atoms in total. The fourth-order valence-corrected chi connectivity index (χ4v) is 2.25. The summed E-state index contributed by atoms with van der Waals surface area (Å²) in [5, 5.41) is 7.02. The second-order valence-electron chi connectivity index (χ2n) is 4.37. The number of carbonyl (C=O) groups excluding carboxylic acids is 1. The van der Waals surface area contributed by atoms with Gasteiger partial charge in [-0.05, 0) is 67.2 Å². The van der Waals surface area contributed by atoms with E-state index in [9.17, 15) is 4.79 Å². The normalized spacial score (nSPS) is 10.0. The Labute approximate surface area is 138 Å². The summed E-state index contributed by atoms with van der Waals surface area (Å²) in [6.07, 6.45) is 0. The third-order valence-electron chi connectivity index (χ3n) is 2.77. The highest BCUT2D eigenvalue weighted by Gasteiger charge is 2.08. The zero-order valence-corrected chi connectivity index (χ0v) is 13.4. The fourth-order valence-electron chi connectivity index (χ4n) is 1.70. The number of benzene rings is 2. The minimum absolute atomic E-state index is 0.223. The van der Waals surface area contributed by atoms with Crippen LogP contribution in [0.1, 0.15) is 15.9 Å². The van der Waals surface area contributed by atoms with Gasteiger partial charge in [0.15, 0.2) is 5.11 Å². The Morgan fingerprint density at radius 3 is 2.29 bits per heavy atom. The second-order valence-corrected chi connectivity index (χ2v) is 5.66. The number of hydrogen-bond donors (Lipinski definition) is 2. The van der Waals surface area contributed by atoms with Gasteiger partial charge in [-0.3, -0.25) is 10.1 Å². The minimum atomic E-state index is -0.296. The van der Waals surface area contributed by atoms with Gasteiger partial charge in [0.1, 0.15) is 0 Å². The van der Waals surface area contributed by atoms with E-state index in [1.807, 2.05) is 13.0 Å². The van der Waals surface area contributed by atoms with E-state index in [-0.39, 0.29) is 11.0 Å². The molecule has 21 heavy (non-hydrogen) atoms. The summed E-state index contributed by atoms with van der Waals surface area (Å²) in [7, 11) is 0. The lowest BCUT2D eigenvalue weighted by Gasteiger charge is -2.12. The van der Waals surface area contributed by atoms with Crippen molar-refractivity contribution in [2.45, 2.75) is 6.92 Å². The number of thiocarbonyl (C=S) groups is 1. The van der Waals surface area contributed by atoms with E-state index >= 15 is 0 Å². The molecule has 2 N–H and O–H groups in total. The van der Waals surface area contributed by atoms with E-state index in [1.54, 1.807) is 36.4 Å². The summed E-state index contributed by atoms with van der Waals surface area (Å²) in [6.45, 7) is 1.90. The lowest BCUT2D eigenvalue weighted by atomic mass is 10.2. The van der Waals surface area contributed by atoms with Crippen LogP contribution >= 0.6 is 35.4 Å². The van der Waals surface area contributed by atoms with E-state index < -0.39 is 0 Å². The van der Waals surface area contributed by atoms with Crippen molar-refractivity contribution < 1.29 is 4.79 Å². The van der Waals surface area contributed by atoms with Crippen molar-refractivity contribution in [2.24, 2.45) is 0 Å². The van der Waals surface area contributed by atoms with Gasteiger partial charge in [0.2, 0.25) is 0 Å². The summed E-state index contributed by atoms with van der Waals surface area (Å²) in [5.41, 5.74) is 2.21. The summed E-state index contributed by atoms with van der Waals surface area (Å²) in [4.78, 5) is 12.0. The van der Waals surface area contributed by atoms with E-state index in [2.05, 4.69) is 10.6 Å². The first kappa shape index (κ1) is 15.8. The lowest BCUT2D eigenvalue weighted by Crippen LogP contribution is -2.34. The van der Waals surface area contributed by atoms with E-state index in [0.717, 1.165) is 11.3 Å². The van der Waals surface area contributed by atoms with Crippen LogP contribution in [0.15, 0.2) is 42.5 Å². The molecular formula is C15H12Cl2N2OS. The predicted molar refractivity (Wildman–Crippen MR) is 91.3 cm³/mol. The molecule has 0 saturated heterocycles. The van der Waals surface area contributed by atoms with E-state index in [4.69, 9.17) is 35.4 Å². The van der Waals surface area contributed by atoms with Gasteiger partial charge in [-0.1, -0.05) is 23.2 Å². The number of rotatable bonds is 2. The smallest absolute Gasteiger partial charge is 0.257 e. The first-order valence-electron chi connectivity index (χ1n) is 6.10. The van der Waals surface area contributed by atoms with Gasteiger partial charge >= 0.3 is 0 Å². The molecule has 0 bridgehead atoms. The monoisotopic (exact) mass is 338 g/mol. The first-order valence-corrected chi connectivity index (χ1v) is 7.26. The number of amides is 1. The third kappa shape index (κ3) is 4.43. The van der Waals surface area contributed by atoms with E-state index in [0.29, 0.717) is 15.6 Å². The van der Waals surface area contributed by atoms with Gasteiger partial charge in [0, 0.05) is 21.3 Å². The van der Waals surface area contributed by atoms with Gasteiger partial charge in [0.25, 0.3) is 5.91 Å². The van der Waals surface area contributed by atoms with Gasteiger partial charge < -0.3 is 5.32 Å². The molecule has 0 aliphatic heterocycles. The Hall–Kier alpha value is -1.62. The van der Waals surface area contributed by atoms with Gasteiger partial charge in [-0.2, -0.15) is 0 Å². The lowest BCUT2D eigenvalue weighted by molar-refractivity contribution is 0.0978. The molecule has 108 valence electrons. The Balaban J connectivity index is 2.01. The van der Waals surface area contributed by atoms with Crippen molar-refractivity contribution in [3.8, 4) is 0 Å². The molecule has 0 aliphatic carbocycles. The molecule has 0 saturated carbocycles. The van der Waals surface area contributed by atoms with Crippen molar-refractivity contribution in [2.75, 3.05) is 5.32 Å². The molecule has 0 heterocycles. The fraction of sp³-hybridized carbons (Fsp3) is 0.0667. The van der Waals surface area contributed by atoms with Crippen molar-refractivity contribution in [3.05, 3.63) is 63.6 Å². The number of anilines is 1. The topological polar surface area (TPSA) is 41.1 Å². The molecule has 0 aromatic heterocycles. The van der Waals surface area contributed by atoms with Crippen LogP contribution < -0.4 is 10.6 Å². The second kappa shape index (κ2) is 6.89. The van der Waals surface area contributed by atoms with Crippen LogP contribution in [0.2, 0.25) is 10.0 Å². The van der Waals surface area contributed by atoms with Crippen LogP contribution in [0.25, 0.3) is 0 Å². The molecule has 0 spiro atoms. The summed E-state index contributed by atoms with van der Waals surface area (Å²) >= 11 is 16.8. The quantitative estimate of drug-likeness (QED) is 0.796. The van der Waals surface area contributed by atoms with Gasteiger partial charge in [0.05, 0.1) is 0 Å². The third-order valence-corrected chi connectivity index (χ3v) is 3.46. The molecule has 0 radical (unpaired) electrons. The van der Waals surface area contributed by atoms with Crippen molar-refractivity contribution >= 4 is 52.1 Å². The van der Waals surface area contributed by atoms with Crippen molar-refractivity contribution in [3.63, 3.8) is 0 Å². The molecule has 0 atom stereocenters. The highest BCUT2D eigenvalue weighted by Crippen LogP contribution is 2.19. The maximum absolute atomic E-state index is 12.0. The molecule has 1 amide bonds. The predicted octanol–water partition coefficient (Wildman–Crippen LogP) is 4.43. The Bertz CT molecular complexity index is 687.